The van der Waals surface area contributed by atoms with E-state index in [0.717, 1.165) is 41.0 Å². The van der Waals surface area contributed by atoms with Gasteiger partial charge in [0.15, 0.2) is 0 Å². The normalized spacial score (nSPS) is 10.4. The van der Waals surface area contributed by atoms with Crippen molar-refractivity contribution in [3.63, 3.8) is 0 Å². The number of amides is 1. The van der Waals surface area contributed by atoms with Gasteiger partial charge in [-0.2, -0.15) is 0 Å². The van der Waals surface area contributed by atoms with Crippen molar-refractivity contribution >= 4 is 11.6 Å². The Bertz CT molecular complexity index is 615. The number of aryl methyl sites for hydroxylation is 2. The number of nitrogens with one attached hydrogen (secondary N) is 2. The van der Waals surface area contributed by atoms with Crippen LogP contribution in [0.5, 0.6) is 0 Å². The molecule has 0 fully saturated rings. The molecule has 110 valence electrons. The summed E-state index contributed by atoms with van der Waals surface area (Å²) in [4.78, 5) is 12.6. The van der Waals surface area contributed by atoms with Crippen LogP contribution in [0.2, 0.25) is 0 Å². The lowest BCUT2D eigenvalue weighted by molar-refractivity contribution is 0.102. The van der Waals surface area contributed by atoms with Gasteiger partial charge < -0.3 is 10.6 Å². The van der Waals surface area contributed by atoms with E-state index in [9.17, 15) is 4.79 Å². The van der Waals surface area contributed by atoms with E-state index in [0.29, 0.717) is 0 Å². The summed E-state index contributed by atoms with van der Waals surface area (Å²) in [6.07, 6.45) is 0. The number of rotatable bonds is 5. The Balaban J connectivity index is 2.24. The molecule has 0 radical (unpaired) electrons. The molecule has 2 aromatic carbocycles. The molecule has 2 aromatic rings. The van der Waals surface area contributed by atoms with Gasteiger partial charge in [0.25, 0.3) is 5.91 Å². The SMILES string of the molecule is CCNCc1ccccc1NC(=O)c1c(C)cccc1C. The van der Waals surface area contributed by atoms with Crippen LogP contribution < -0.4 is 10.6 Å². The molecule has 0 aliphatic carbocycles. The maximum atomic E-state index is 12.6. The Morgan fingerprint density at radius 3 is 2.33 bits per heavy atom. The molecule has 0 atom stereocenters. The largest absolute Gasteiger partial charge is 0.322 e. The highest BCUT2D eigenvalue weighted by atomic mass is 16.1. The van der Waals surface area contributed by atoms with E-state index in [2.05, 4.69) is 17.6 Å². The molecule has 0 aromatic heterocycles. The zero-order chi connectivity index (χ0) is 15.2. The van der Waals surface area contributed by atoms with Crippen molar-refractivity contribution in [2.24, 2.45) is 0 Å². The van der Waals surface area contributed by atoms with Crippen molar-refractivity contribution in [2.75, 3.05) is 11.9 Å². The fourth-order valence-electron chi connectivity index (χ4n) is 2.41. The number of hydrogen-bond donors (Lipinski definition) is 2. The summed E-state index contributed by atoms with van der Waals surface area (Å²) in [7, 11) is 0. The molecule has 3 nitrogen and oxygen atoms in total. The van der Waals surface area contributed by atoms with Crippen molar-refractivity contribution in [1.29, 1.82) is 0 Å². The topological polar surface area (TPSA) is 41.1 Å². The Kier molecular flexibility index (Phi) is 5.12. The summed E-state index contributed by atoms with van der Waals surface area (Å²) in [6.45, 7) is 7.65. The van der Waals surface area contributed by atoms with Gasteiger partial charge >= 0.3 is 0 Å². The first-order valence-corrected chi connectivity index (χ1v) is 7.29. The van der Waals surface area contributed by atoms with Crippen LogP contribution in [0, 0.1) is 13.8 Å². The van der Waals surface area contributed by atoms with Crippen molar-refractivity contribution < 1.29 is 4.79 Å². The van der Waals surface area contributed by atoms with Crippen molar-refractivity contribution in [3.05, 3.63) is 64.7 Å². The van der Waals surface area contributed by atoms with E-state index >= 15 is 0 Å². The number of carbonyl (C=O) groups excluding carboxylic acids is 1. The summed E-state index contributed by atoms with van der Waals surface area (Å²) >= 11 is 0. The quantitative estimate of drug-likeness (QED) is 0.878. The fourth-order valence-corrected chi connectivity index (χ4v) is 2.41. The molecule has 3 heteroatoms. The second-order valence-corrected chi connectivity index (χ2v) is 5.16. The molecule has 2 rings (SSSR count). The number of para-hydroxylation sites is 1. The molecule has 0 spiro atoms. The van der Waals surface area contributed by atoms with Gasteiger partial charge in [-0.25, -0.2) is 0 Å². The fraction of sp³-hybridized carbons (Fsp3) is 0.278. The molecular formula is C18H22N2O. The van der Waals surface area contributed by atoms with Crippen molar-refractivity contribution in [2.45, 2.75) is 27.3 Å². The Morgan fingerprint density at radius 1 is 1.00 bits per heavy atom. The van der Waals surface area contributed by atoms with Crippen LogP contribution in [-0.4, -0.2) is 12.5 Å². The molecule has 0 aliphatic heterocycles. The first-order valence-electron chi connectivity index (χ1n) is 7.29. The standard InChI is InChI=1S/C18H22N2O/c1-4-19-12-15-10-5-6-11-16(15)20-18(21)17-13(2)8-7-9-14(17)3/h5-11,19H,4,12H2,1-3H3,(H,20,21). The number of anilines is 1. The van der Waals surface area contributed by atoms with Gasteiger partial charge in [-0.05, 0) is 43.1 Å². The summed E-state index contributed by atoms with van der Waals surface area (Å²) in [5.74, 6) is -0.0467. The van der Waals surface area contributed by atoms with Gasteiger partial charge in [0.05, 0.1) is 0 Å². The molecule has 0 saturated heterocycles. The highest BCUT2D eigenvalue weighted by molar-refractivity contribution is 6.06. The molecular weight excluding hydrogens is 260 g/mol. The first-order chi connectivity index (χ1) is 10.1. The van der Waals surface area contributed by atoms with Gasteiger partial charge in [-0.3, -0.25) is 4.79 Å². The van der Waals surface area contributed by atoms with Crippen LogP contribution in [-0.2, 0) is 6.54 Å². The zero-order valence-corrected chi connectivity index (χ0v) is 12.9. The van der Waals surface area contributed by atoms with Crippen LogP contribution in [0.1, 0.15) is 34.0 Å². The minimum atomic E-state index is -0.0467. The molecule has 21 heavy (non-hydrogen) atoms. The summed E-state index contributed by atoms with van der Waals surface area (Å²) < 4.78 is 0. The summed E-state index contributed by atoms with van der Waals surface area (Å²) in [5, 5.41) is 6.33. The molecule has 0 aliphatic rings. The molecule has 0 heterocycles. The lowest BCUT2D eigenvalue weighted by Crippen LogP contribution is -2.18. The van der Waals surface area contributed by atoms with Crippen LogP contribution in [0.3, 0.4) is 0 Å². The van der Waals surface area contributed by atoms with Gasteiger partial charge in [0.1, 0.15) is 0 Å². The van der Waals surface area contributed by atoms with E-state index < -0.39 is 0 Å². The maximum absolute atomic E-state index is 12.6. The third-order valence-corrected chi connectivity index (χ3v) is 3.54. The molecule has 0 bridgehead atoms. The molecule has 1 amide bonds. The average Bonchev–Trinajstić information content (AvgIpc) is 2.46. The van der Waals surface area contributed by atoms with Crippen LogP contribution in [0.4, 0.5) is 5.69 Å². The third kappa shape index (κ3) is 3.70. The van der Waals surface area contributed by atoms with Crippen molar-refractivity contribution in [1.82, 2.24) is 5.32 Å². The molecule has 0 saturated carbocycles. The van der Waals surface area contributed by atoms with E-state index in [4.69, 9.17) is 0 Å². The van der Waals surface area contributed by atoms with Gasteiger partial charge in [0, 0.05) is 17.8 Å². The summed E-state index contributed by atoms with van der Waals surface area (Å²) in [5.41, 5.74) is 4.72. The van der Waals surface area contributed by atoms with E-state index in [1.807, 2.05) is 56.3 Å². The predicted octanol–water partition coefficient (Wildman–Crippen LogP) is 3.67. The lowest BCUT2D eigenvalue weighted by atomic mass is 10.0. The second-order valence-electron chi connectivity index (χ2n) is 5.16. The Morgan fingerprint density at radius 2 is 1.67 bits per heavy atom. The molecule has 0 unspecified atom stereocenters. The minimum Gasteiger partial charge on any atom is -0.322 e. The second kappa shape index (κ2) is 7.04. The van der Waals surface area contributed by atoms with E-state index in [1.165, 1.54) is 0 Å². The highest BCUT2D eigenvalue weighted by Gasteiger charge is 2.13. The number of hydrogen-bond acceptors (Lipinski definition) is 2. The van der Waals surface area contributed by atoms with E-state index in [-0.39, 0.29) is 5.91 Å². The third-order valence-electron chi connectivity index (χ3n) is 3.54. The van der Waals surface area contributed by atoms with Crippen LogP contribution >= 0.6 is 0 Å². The molecule has 2 N–H and O–H groups in total. The van der Waals surface area contributed by atoms with E-state index in [1.54, 1.807) is 0 Å². The Hall–Kier alpha value is -2.13. The number of benzene rings is 2. The van der Waals surface area contributed by atoms with Crippen LogP contribution in [0.25, 0.3) is 0 Å². The number of carbonyl (C=O) groups is 1. The van der Waals surface area contributed by atoms with Gasteiger partial charge in [0.2, 0.25) is 0 Å². The zero-order valence-electron chi connectivity index (χ0n) is 12.9. The maximum Gasteiger partial charge on any atom is 0.256 e. The smallest absolute Gasteiger partial charge is 0.256 e. The van der Waals surface area contributed by atoms with Gasteiger partial charge in [-0.1, -0.05) is 43.3 Å². The first kappa shape index (κ1) is 15.3. The summed E-state index contributed by atoms with van der Waals surface area (Å²) in [6, 6.07) is 13.8. The average molecular weight is 282 g/mol. The van der Waals surface area contributed by atoms with Crippen molar-refractivity contribution in [3.8, 4) is 0 Å². The monoisotopic (exact) mass is 282 g/mol. The highest BCUT2D eigenvalue weighted by Crippen LogP contribution is 2.19. The predicted molar refractivity (Wildman–Crippen MR) is 87.7 cm³/mol. The Labute approximate surface area is 126 Å². The van der Waals surface area contributed by atoms with Gasteiger partial charge in [-0.15, -0.1) is 0 Å². The minimum absolute atomic E-state index is 0.0467. The van der Waals surface area contributed by atoms with Crippen LogP contribution in [0.15, 0.2) is 42.5 Å². The lowest BCUT2D eigenvalue weighted by Gasteiger charge is -2.14.